The van der Waals surface area contributed by atoms with E-state index >= 15 is 0 Å². The van der Waals surface area contributed by atoms with Crippen LogP contribution >= 0.6 is 0 Å². The quantitative estimate of drug-likeness (QED) is 0.756. The summed E-state index contributed by atoms with van der Waals surface area (Å²) in [5.41, 5.74) is 1.27. The highest BCUT2D eigenvalue weighted by Crippen LogP contribution is 2.49. The summed E-state index contributed by atoms with van der Waals surface area (Å²) in [4.78, 5) is 15.3. The molecule has 1 aromatic heterocycles. The Morgan fingerprint density at radius 3 is 2.45 bits per heavy atom. The number of rotatable bonds is 5. The molecular formula is C23H27FN2O3. The van der Waals surface area contributed by atoms with Gasteiger partial charge < -0.3 is 9.47 Å². The molecule has 1 aromatic carbocycles. The van der Waals surface area contributed by atoms with Crippen LogP contribution in [-0.2, 0) is 13.2 Å². The fourth-order valence-corrected chi connectivity index (χ4v) is 5.60. The molecule has 2 bridgehead atoms. The molecule has 0 N–H and O–H groups in total. The second kappa shape index (κ2) is 7.81. The zero-order valence-corrected chi connectivity index (χ0v) is 16.6. The van der Waals surface area contributed by atoms with Gasteiger partial charge in [-0.2, -0.15) is 4.98 Å². The molecule has 2 saturated carbocycles. The van der Waals surface area contributed by atoms with Crippen LogP contribution in [0.4, 0.5) is 4.39 Å². The summed E-state index contributed by atoms with van der Waals surface area (Å²) in [6, 6.07) is 9.95. The van der Waals surface area contributed by atoms with Crippen LogP contribution in [0.1, 0.15) is 55.7 Å². The molecule has 6 heteroatoms. The van der Waals surface area contributed by atoms with Gasteiger partial charge in [-0.1, -0.05) is 25.0 Å². The van der Waals surface area contributed by atoms with Crippen LogP contribution in [-0.4, -0.2) is 22.3 Å². The van der Waals surface area contributed by atoms with E-state index in [1.807, 2.05) is 0 Å². The van der Waals surface area contributed by atoms with Crippen LogP contribution in [0.5, 0.6) is 11.8 Å². The molecule has 2 heterocycles. The van der Waals surface area contributed by atoms with Crippen molar-refractivity contribution in [3.8, 4) is 11.8 Å². The SMILES string of the molecule is O=c1cc(CF)n2c(n1)OC(COc1ccc(C3C4CCCC3CCC4)cc1)C2. The van der Waals surface area contributed by atoms with Crippen LogP contribution < -0.4 is 15.0 Å². The van der Waals surface area contributed by atoms with Gasteiger partial charge in [-0.25, -0.2) is 4.39 Å². The van der Waals surface area contributed by atoms with Crippen molar-refractivity contribution in [2.45, 2.75) is 63.8 Å². The molecule has 2 aromatic rings. The maximum Gasteiger partial charge on any atom is 0.300 e. The van der Waals surface area contributed by atoms with E-state index in [1.165, 1.54) is 50.2 Å². The highest BCUT2D eigenvalue weighted by molar-refractivity contribution is 5.31. The Morgan fingerprint density at radius 2 is 1.79 bits per heavy atom. The Hall–Kier alpha value is -2.37. The van der Waals surface area contributed by atoms with E-state index in [0.717, 1.165) is 17.6 Å². The van der Waals surface area contributed by atoms with Gasteiger partial charge in [0.25, 0.3) is 5.56 Å². The van der Waals surface area contributed by atoms with E-state index in [9.17, 15) is 9.18 Å². The van der Waals surface area contributed by atoms with Crippen molar-refractivity contribution in [3.05, 3.63) is 51.9 Å². The van der Waals surface area contributed by atoms with E-state index in [2.05, 4.69) is 29.2 Å². The van der Waals surface area contributed by atoms with Crippen LogP contribution in [0, 0.1) is 11.8 Å². The molecule has 2 aliphatic carbocycles. The summed E-state index contributed by atoms with van der Waals surface area (Å²) < 4.78 is 26.4. The monoisotopic (exact) mass is 398 g/mol. The van der Waals surface area contributed by atoms with Gasteiger partial charge in [-0.05, 0) is 61.1 Å². The van der Waals surface area contributed by atoms with Crippen LogP contribution in [0.25, 0.3) is 0 Å². The molecule has 1 aliphatic heterocycles. The van der Waals surface area contributed by atoms with E-state index in [0.29, 0.717) is 24.8 Å². The third-order valence-electron chi connectivity index (χ3n) is 6.89. The Balaban J connectivity index is 1.22. The van der Waals surface area contributed by atoms with Crippen molar-refractivity contribution in [1.82, 2.24) is 9.55 Å². The number of hydrogen-bond donors (Lipinski definition) is 0. The van der Waals surface area contributed by atoms with Gasteiger partial charge in [-0.3, -0.25) is 9.36 Å². The summed E-state index contributed by atoms with van der Waals surface area (Å²) in [5.74, 6) is 3.21. The van der Waals surface area contributed by atoms with Crippen molar-refractivity contribution in [3.63, 3.8) is 0 Å². The lowest BCUT2D eigenvalue weighted by Gasteiger charge is -2.43. The first kappa shape index (κ1) is 18.6. The molecule has 5 rings (SSSR count). The van der Waals surface area contributed by atoms with Gasteiger partial charge >= 0.3 is 6.01 Å². The molecular weight excluding hydrogens is 371 g/mol. The van der Waals surface area contributed by atoms with Crippen LogP contribution in [0.2, 0.25) is 0 Å². The minimum absolute atomic E-state index is 0.179. The highest BCUT2D eigenvalue weighted by atomic mass is 19.1. The van der Waals surface area contributed by atoms with Gasteiger partial charge in [0.1, 0.15) is 19.0 Å². The summed E-state index contributed by atoms with van der Waals surface area (Å²) in [5, 5.41) is 0. The standard InChI is InChI=1S/C23H27FN2O3/c24-12-18-11-21(27)25-23-26(18)13-20(29-23)14-28-19-9-7-17(8-10-19)22-15-3-1-4-16(22)6-2-5-15/h7-11,15-16,20,22H,1-6,12-14H2. The summed E-state index contributed by atoms with van der Waals surface area (Å²) in [7, 11) is 0. The smallest absolute Gasteiger partial charge is 0.300 e. The largest absolute Gasteiger partial charge is 0.490 e. The summed E-state index contributed by atoms with van der Waals surface area (Å²) in [6.45, 7) is 0.0506. The second-order valence-corrected chi connectivity index (χ2v) is 8.64. The first-order chi connectivity index (χ1) is 14.2. The summed E-state index contributed by atoms with van der Waals surface area (Å²) in [6.07, 6.45) is 7.98. The maximum absolute atomic E-state index is 13.1. The van der Waals surface area contributed by atoms with Crippen molar-refractivity contribution in [1.29, 1.82) is 0 Å². The fourth-order valence-electron chi connectivity index (χ4n) is 5.60. The molecule has 0 radical (unpaired) electrons. The second-order valence-electron chi connectivity index (χ2n) is 8.64. The third-order valence-corrected chi connectivity index (χ3v) is 6.89. The molecule has 0 amide bonds. The van der Waals surface area contributed by atoms with Gasteiger partial charge in [0.2, 0.25) is 0 Å². The number of nitrogens with zero attached hydrogens (tertiary/aromatic N) is 2. The number of ether oxygens (including phenoxy) is 2. The Kier molecular flexibility index (Phi) is 5.02. The van der Waals surface area contributed by atoms with Gasteiger partial charge in [0.15, 0.2) is 6.10 Å². The minimum atomic E-state index is -0.716. The maximum atomic E-state index is 13.1. The Morgan fingerprint density at radius 1 is 1.10 bits per heavy atom. The van der Waals surface area contributed by atoms with Crippen molar-refractivity contribution >= 4 is 0 Å². The predicted octanol–water partition coefficient (Wildman–Crippen LogP) is 4.24. The minimum Gasteiger partial charge on any atom is -0.490 e. The molecule has 1 unspecified atom stereocenters. The van der Waals surface area contributed by atoms with Crippen molar-refractivity contribution in [2.24, 2.45) is 11.8 Å². The molecule has 0 saturated heterocycles. The van der Waals surface area contributed by atoms with Crippen molar-refractivity contribution in [2.75, 3.05) is 6.61 Å². The molecule has 154 valence electrons. The van der Waals surface area contributed by atoms with Gasteiger partial charge in [0, 0.05) is 6.07 Å². The lowest BCUT2D eigenvalue weighted by molar-refractivity contribution is 0.143. The first-order valence-corrected chi connectivity index (χ1v) is 10.8. The highest BCUT2D eigenvalue weighted by Gasteiger charge is 2.37. The average Bonchev–Trinajstić information content (AvgIpc) is 3.14. The number of halogens is 1. The topological polar surface area (TPSA) is 53.4 Å². The summed E-state index contributed by atoms with van der Waals surface area (Å²) >= 11 is 0. The zero-order valence-electron chi connectivity index (χ0n) is 16.6. The van der Waals surface area contributed by atoms with E-state index in [4.69, 9.17) is 9.47 Å². The van der Waals surface area contributed by atoms with E-state index in [-0.39, 0.29) is 12.1 Å². The van der Waals surface area contributed by atoms with Crippen LogP contribution in [0.3, 0.4) is 0 Å². The predicted molar refractivity (Wildman–Crippen MR) is 107 cm³/mol. The number of fused-ring (bicyclic) bond motifs is 3. The Bertz CT molecular complexity index is 905. The van der Waals surface area contributed by atoms with Gasteiger partial charge in [-0.15, -0.1) is 0 Å². The number of hydrogen-bond acceptors (Lipinski definition) is 4. The first-order valence-electron chi connectivity index (χ1n) is 10.8. The molecule has 0 spiro atoms. The normalized spacial score (nSPS) is 27.9. The molecule has 2 fully saturated rings. The molecule has 3 aliphatic rings. The molecule has 5 nitrogen and oxygen atoms in total. The number of alkyl halides is 1. The Labute approximate surface area is 169 Å². The average molecular weight is 398 g/mol. The van der Waals surface area contributed by atoms with E-state index < -0.39 is 12.2 Å². The number of aromatic nitrogens is 2. The van der Waals surface area contributed by atoms with Crippen LogP contribution in [0.15, 0.2) is 35.1 Å². The number of benzene rings is 1. The lowest BCUT2D eigenvalue weighted by atomic mass is 9.62. The molecule has 29 heavy (non-hydrogen) atoms. The van der Waals surface area contributed by atoms with E-state index in [1.54, 1.807) is 4.57 Å². The zero-order chi connectivity index (χ0) is 19.8. The third kappa shape index (κ3) is 3.65. The van der Waals surface area contributed by atoms with Crippen molar-refractivity contribution < 1.29 is 13.9 Å². The fraction of sp³-hybridized carbons (Fsp3) is 0.565. The lowest BCUT2D eigenvalue weighted by Crippen LogP contribution is -2.30. The molecule has 1 atom stereocenters. The van der Waals surface area contributed by atoms with Gasteiger partial charge in [0.05, 0.1) is 12.2 Å².